The van der Waals surface area contributed by atoms with Crippen LogP contribution in [0.3, 0.4) is 0 Å². The molecule has 1 atom stereocenters. The smallest absolute Gasteiger partial charge is 0.324 e. The molecule has 22 heteroatoms. The molecule has 1 unspecified atom stereocenters. The highest BCUT2D eigenvalue weighted by Crippen LogP contribution is 2.32. The number of thiophene rings is 1. The SMILES string of the molecule is COc1nc(CCCNC(=O)CCNc2cccc3c2C(=O)N(C2CCC(=O)NC2=O)C3=O)cnc1NS(=O)(=O)c1ccc(NC(=O)/C=C/c2ccc([N+](=O)[O-])s2)cc1. The van der Waals surface area contributed by atoms with Gasteiger partial charge in [0.25, 0.3) is 27.7 Å². The van der Waals surface area contributed by atoms with Gasteiger partial charge in [-0.05, 0) is 67.8 Å². The first-order valence-electron chi connectivity index (χ1n) is 17.9. The number of hydrogen-bond acceptors (Lipinski definition) is 15. The van der Waals surface area contributed by atoms with Crippen LogP contribution in [0.4, 0.5) is 22.2 Å². The third-order valence-corrected chi connectivity index (χ3v) is 11.3. The van der Waals surface area contributed by atoms with Crippen LogP contribution in [0.15, 0.2) is 71.8 Å². The third-order valence-electron chi connectivity index (χ3n) is 8.91. The summed E-state index contributed by atoms with van der Waals surface area (Å²) in [6, 6.07) is 11.7. The van der Waals surface area contributed by atoms with Gasteiger partial charge in [0.2, 0.25) is 29.4 Å². The number of carbonyl (C=O) groups excluding carboxylic acids is 6. The average molecular weight is 846 g/mol. The Hall–Kier alpha value is -7.07. The van der Waals surface area contributed by atoms with Crippen molar-refractivity contribution in [3.63, 3.8) is 0 Å². The van der Waals surface area contributed by atoms with E-state index in [0.29, 0.717) is 34.8 Å². The van der Waals surface area contributed by atoms with E-state index in [1.165, 1.54) is 67.9 Å². The molecule has 0 aliphatic carbocycles. The van der Waals surface area contributed by atoms with Crippen LogP contribution in [0.5, 0.6) is 5.88 Å². The zero-order valence-corrected chi connectivity index (χ0v) is 32.7. The van der Waals surface area contributed by atoms with Crippen LogP contribution in [0.1, 0.15) is 57.0 Å². The maximum atomic E-state index is 13.3. The molecule has 20 nitrogen and oxygen atoms in total. The van der Waals surface area contributed by atoms with Crippen molar-refractivity contribution in [2.45, 2.75) is 43.0 Å². The van der Waals surface area contributed by atoms with Gasteiger partial charge >= 0.3 is 5.00 Å². The van der Waals surface area contributed by atoms with E-state index < -0.39 is 50.5 Å². The molecule has 0 radical (unpaired) electrons. The number of hydrogen-bond donors (Lipinski definition) is 5. The van der Waals surface area contributed by atoms with Gasteiger partial charge in [0.05, 0.1) is 39.9 Å². The molecule has 0 spiro atoms. The van der Waals surface area contributed by atoms with Crippen LogP contribution in [0.2, 0.25) is 0 Å². The molecular weight excluding hydrogens is 811 g/mol. The molecule has 2 aliphatic heterocycles. The molecule has 0 bridgehead atoms. The summed E-state index contributed by atoms with van der Waals surface area (Å²) in [4.78, 5) is 95.2. The second kappa shape index (κ2) is 18.0. The zero-order chi connectivity index (χ0) is 42.3. The molecular formula is C37H35N9O11S2. The molecule has 4 heterocycles. The van der Waals surface area contributed by atoms with E-state index in [9.17, 15) is 47.3 Å². The van der Waals surface area contributed by atoms with Gasteiger partial charge in [-0.2, -0.15) is 0 Å². The Bertz CT molecular complexity index is 2490. The molecule has 1 saturated heterocycles. The summed E-state index contributed by atoms with van der Waals surface area (Å²) >= 11 is 0.910. The first-order valence-corrected chi connectivity index (χ1v) is 20.1. The predicted octanol–water partition coefficient (Wildman–Crippen LogP) is 2.86. The number of nitrogens with one attached hydrogen (secondary N) is 5. The van der Waals surface area contributed by atoms with Crippen molar-refractivity contribution in [2.75, 3.05) is 35.6 Å². The van der Waals surface area contributed by atoms with Crippen LogP contribution in [-0.4, -0.2) is 89.9 Å². The molecule has 59 heavy (non-hydrogen) atoms. The van der Waals surface area contributed by atoms with Gasteiger partial charge in [0.1, 0.15) is 6.04 Å². The summed E-state index contributed by atoms with van der Waals surface area (Å²) in [7, 11) is -2.85. The third kappa shape index (κ3) is 9.91. The Morgan fingerprint density at radius 2 is 1.85 bits per heavy atom. The van der Waals surface area contributed by atoms with E-state index in [0.717, 1.165) is 16.2 Å². The van der Waals surface area contributed by atoms with Gasteiger partial charge in [-0.25, -0.2) is 18.4 Å². The highest BCUT2D eigenvalue weighted by atomic mass is 32.2. The largest absolute Gasteiger partial charge is 0.478 e. The van der Waals surface area contributed by atoms with Crippen LogP contribution in [0, 0.1) is 10.1 Å². The molecule has 6 amide bonds. The van der Waals surface area contributed by atoms with Gasteiger partial charge in [-0.15, -0.1) is 0 Å². The minimum absolute atomic E-state index is 0.00370. The Kier molecular flexibility index (Phi) is 12.7. The predicted molar refractivity (Wildman–Crippen MR) is 212 cm³/mol. The van der Waals surface area contributed by atoms with Crippen molar-refractivity contribution in [3.8, 4) is 5.88 Å². The quantitative estimate of drug-likeness (QED) is 0.0336. The first kappa shape index (κ1) is 41.6. The summed E-state index contributed by atoms with van der Waals surface area (Å²) in [6.07, 6.45) is 4.88. The van der Waals surface area contributed by atoms with Gasteiger partial charge < -0.3 is 20.7 Å². The molecule has 0 saturated carbocycles. The van der Waals surface area contributed by atoms with Gasteiger partial charge in [-0.3, -0.25) is 53.8 Å². The highest BCUT2D eigenvalue weighted by Gasteiger charge is 2.45. The molecule has 1 fully saturated rings. The fourth-order valence-corrected chi connectivity index (χ4v) is 7.80. The van der Waals surface area contributed by atoms with Crippen molar-refractivity contribution in [2.24, 2.45) is 0 Å². The lowest BCUT2D eigenvalue weighted by Gasteiger charge is -2.27. The van der Waals surface area contributed by atoms with E-state index >= 15 is 0 Å². The van der Waals surface area contributed by atoms with Gasteiger partial charge in [0.15, 0.2) is 0 Å². The number of rotatable bonds is 17. The molecule has 2 aromatic carbocycles. The molecule has 4 aromatic rings. The number of amides is 6. The number of nitrogens with zero attached hydrogens (tertiary/aromatic N) is 4. The second-order valence-electron chi connectivity index (χ2n) is 12.9. The lowest BCUT2D eigenvalue weighted by molar-refractivity contribution is -0.380. The number of imide groups is 2. The number of ether oxygens (including phenoxy) is 1. The molecule has 2 aromatic heterocycles. The van der Waals surface area contributed by atoms with Crippen molar-refractivity contribution >= 4 is 85.1 Å². The van der Waals surface area contributed by atoms with E-state index in [-0.39, 0.29) is 71.0 Å². The van der Waals surface area contributed by atoms with Crippen molar-refractivity contribution in [1.29, 1.82) is 0 Å². The number of carbonyl (C=O) groups is 6. The minimum Gasteiger partial charge on any atom is -0.478 e. The minimum atomic E-state index is -4.15. The Morgan fingerprint density at radius 3 is 2.56 bits per heavy atom. The Labute approximate surface area is 339 Å². The lowest BCUT2D eigenvalue weighted by atomic mass is 10.0. The molecule has 306 valence electrons. The number of aryl methyl sites for hydroxylation is 1. The second-order valence-corrected chi connectivity index (χ2v) is 15.7. The van der Waals surface area contributed by atoms with Gasteiger partial charge in [-0.1, -0.05) is 17.4 Å². The van der Waals surface area contributed by atoms with E-state index in [1.807, 2.05) is 0 Å². The summed E-state index contributed by atoms with van der Waals surface area (Å²) < 4.78 is 33.9. The number of piperidine rings is 1. The van der Waals surface area contributed by atoms with Crippen molar-refractivity contribution in [1.82, 2.24) is 25.5 Å². The van der Waals surface area contributed by atoms with E-state index in [1.54, 1.807) is 12.1 Å². The number of anilines is 3. The van der Waals surface area contributed by atoms with Crippen molar-refractivity contribution in [3.05, 3.63) is 98.7 Å². The number of sulfonamides is 1. The maximum absolute atomic E-state index is 13.3. The Morgan fingerprint density at radius 1 is 1.07 bits per heavy atom. The summed E-state index contributed by atoms with van der Waals surface area (Å²) in [5.41, 5.74) is 1.32. The standard InChI is InChI=1S/C37H35N9O11S2/c1-57-35-33(44-59(55,56)24-11-7-21(8-12-24)41-29(48)14-9-23-10-16-31(58-23)46(53)54)40-20-22(42-35)4-3-18-39-28(47)17-19-38-26-6-2-5-25-32(26)37(52)45(36(25)51)27-13-15-30(49)43-34(27)50/h2,5-12,14,16,20,27,38H,3-4,13,15,17-19H2,1H3,(H,39,47)(H,40,44)(H,41,48)(H,43,49,50)/b14-9+. The number of aromatic nitrogens is 2. The van der Waals surface area contributed by atoms with Crippen LogP contribution < -0.4 is 30.7 Å². The first-order chi connectivity index (χ1) is 28.2. The molecule has 6 rings (SSSR count). The number of fused-ring (bicyclic) bond motifs is 1. The topological polar surface area (TPSA) is 278 Å². The summed E-state index contributed by atoms with van der Waals surface area (Å²) in [6.45, 7) is 0.409. The van der Waals surface area contributed by atoms with Crippen LogP contribution in [0.25, 0.3) is 6.08 Å². The van der Waals surface area contributed by atoms with E-state index in [2.05, 4.69) is 36.0 Å². The average Bonchev–Trinajstić information content (AvgIpc) is 3.79. The fourth-order valence-electron chi connectivity index (χ4n) is 6.07. The maximum Gasteiger partial charge on any atom is 0.324 e. The zero-order valence-electron chi connectivity index (χ0n) is 31.1. The Balaban J connectivity index is 0.941. The summed E-state index contributed by atoms with van der Waals surface area (Å²) in [5, 5.41) is 21.3. The van der Waals surface area contributed by atoms with Gasteiger partial charge in [0, 0.05) is 54.3 Å². The number of nitro groups is 1. The highest BCUT2D eigenvalue weighted by molar-refractivity contribution is 7.92. The number of benzene rings is 2. The fraction of sp³-hybridized carbons (Fsp3) is 0.243. The monoisotopic (exact) mass is 845 g/mol. The van der Waals surface area contributed by atoms with Crippen LogP contribution >= 0.6 is 11.3 Å². The lowest BCUT2D eigenvalue weighted by Crippen LogP contribution is -2.54. The summed E-state index contributed by atoms with van der Waals surface area (Å²) in [5.74, 6) is -3.53. The normalized spacial score (nSPS) is 15.1. The molecule has 5 N–H and O–H groups in total. The number of methoxy groups -OCH3 is 1. The van der Waals surface area contributed by atoms with Crippen molar-refractivity contribution < 1.29 is 46.8 Å². The van der Waals surface area contributed by atoms with Crippen LogP contribution in [-0.2, 0) is 35.6 Å². The molecule has 2 aliphatic rings. The van der Waals surface area contributed by atoms with E-state index in [4.69, 9.17) is 4.74 Å².